The molecule has 1 aromatic heterocycles. The highest BCUT2D eigenvalue weighted by molar-refractivity contribution is 6.30. The Bertz CT molecular complexity index is 412. The summed E-state index contributed by atoms with van der Waals surface area (Å²) in [7, 11) is 0. The van der Waals surface area contributed by atoms with Gasteiger partial charge >= 0.3 is 0 Å². The van der Waals surface area contributed by atoms with Crippen LogP contribution in [0.15, 0.2) is 35.2 Å². The van der Waals surface area contributed by atoms with Gasteiger partial charge in [-0.05, 0) is 18.2 Å². The van der Waals surface area contributed by atoms with Gasteiger partial charge in [-0.25, -0.2) is 4.98 Å². The zero-order valence-corrected chi connectivity index (χ0v) is 7.32. The highest BCUT2D eigenvalue weighted by Gasteiger charge is 2.06. The molecule has 0 aliphatic carbocycles. The zero-order chi connectivity index (χ0) is 9.26. The predicted molar refractivity (Wildman–Crippen MR) is 48.6 cm³/mol. The van der Waals surface area contributed by atoms with Gasteiger partial charge in [-0.3, -0.25) is 0 Å². The molecule has 2 aromatic rings. The van der Waals surface area contributed by atoms with E-state index >= 15 is 0 Å². The molecule has 1 heterocycles. The first-order chi connectivity index (χ1) is 6.27. The molecule has 66 valence electrons. The minimum Gasteiger partial charge on any atom is -0.507 e. The van der Waals surface area contributed by atoms with E-state index in [4.69, 9.17) is 16.0 Å². The predicted octanol–water partition coefficient (Wildman–Crippen LogP) is 2.70. The van der Waals surface area contributed by atoms with Gasteiger partial charge in [0.2, 0.25) is 0 Å². The van der Waals surface area contributed by atoms with E-state index < -0.39 is 0 Å². The number of oxazole rings is 1. The van der Waals surface area contributed by atoms with Gasteiger partial charge < -0.3 is 9.52 Å². The maximum Gasteiger partial charge on any atom is 0.181 e. The van der Waals surface area contributed by atoms with Crippen LogP contribution in [-0.4, -0.2) is 10.1 Å². The van der Waals surface area contributed by atoms with Crippen LogP contribution in [0, 0.1) is 0 Å². The van der Waals surface area contributed by atoms with Gasteiger partial charge in [0.25, 0.3) is 0 Å². The fourth-order valence-corrected chi connectivity index (χ4v) is 1.23. The number of aromatic hydroxyl groups is 1. The number of benzene rings is 1. The molecule has 2 rings (SSSR count). The van der Waals surface area contributed by atoms with Gasteiger partial charge in [-0.2, -0.15) is 0 Å². The van der Waals surface area contributed by atoms with E-state index in [9.17, 15) is 5.11 Å². The number of aromatic nitrogens is 1. The topological polar surface area (TPSA) is 46.3 Å². The molecule has 1 N–H and O–H groups in total. The average molecular weight is 196 g/mol. The third kappa shape index (κ3) is 1.51. The molecule has 0 atom stereocenters. The first-order valence-electron chi connectivity index (χ1n) is 3.65. The van der Waals surface area contributed by atoms with E-state index in [1.165, 1.54) is 18.7 Å². The highest BCUT2D eigenvalue weighted by Crippen LogP contribution is 2.30. The monoisotopic (exact) mass is 195 g/mol. The summed E-state index contributed by atoms with van der Waals surface area (Å²) in [4.78, 5) is 3.75. The first kappa shape index (κ1) is 8.13. The smallest absolute Gasteiger partial charge is 0.181 e. The van der Waals surface area contributed by atoms with Crippen LogP contribution in [0.5, 0.6) is 5.75 Å². The molecule has 4 heteroatoms. The molecule has 1 aromatic carbocycles. The lowest BCUT2D eigenvalue weighted by Crippen LogP contribution is -1.75. The van der Waals surface area contributed by atoms with E-state index in [0.717, 1.165) is 0 Å². The van der Waals surface area contributed by atoms with E-state index in [1.54, 1.807) is 12.1 Å². The van der Waals surface area contributed by atoms with Crippen LogP contribution in [0.3, 0.4) is 0 Å². The molecule has 0 unspecified atom stereocenters. The minimum atomic E-state index is 0.0873. The van der Waals surface area contributed by atoms with Crippen molar-refractivity contribution in [3.8, 4) is 17.1 Å². The van der Waals surface area contributed by atoms with Gasteiger partial charge in [-0.1, -0.05) is 11.6 Å². The molecule has 13 heavy (non-hydrogen) atoms. The van der Waals surface area contributed by atoms with Crippen molar-refractivity contribution in [3.63, 3.8) is 0 Å². The standard InChI is InChI=1S/C9H6ClNO2/c10-6-1-2-7(8(12)3-6)9-4-11-5-13-9/h1-5,12H. The second-order valence-electron chi connectivity index (χ2n) is 2.53. The molecule has 0 radical (unpaired) electrons. The maximum absolute atomic E-state index is 9.49. The summed E-state index contributed by atoms with van der Waals surface area (Å²) in [6.07, 6.45) is 2.84. The van der Waals surface area contributed by atoms with Crippen LogP contribution in [0.25, 0.3) is 11.3 Å². The van der Waals surface area contributed by atoms with Crippen molar-refractivity contribution in [2.75, 3.05) is 0 Å². The van der Waals surface area contributed by atoms with Crippen molar-refractivity contribution in [1.29, 1.82) is 0 Å². The molecule has 0 amide bonds. The van der Waals surface area contributed by atoms with Crippen LogP contribution in [0.2, 0.25) is 5.02 Å². The molecule has 0 spiro atoms. The fraction of sp³-hybridized carbons (Fsp3) is 0. The number of phenols is 1. The second kappa shape index (κ2) is 3.11. The lowest BCUT2D eigenvalue weighted by molar-refractivity contribution is 0.473. The van der Waals surface area contributed by atoms with Gasteiger partial charge in [-0.15, -0.1) is 0 Å². The summed E-state index contributed by atoms with van der Waals surface area (Å²) in [5.74, 6) is 0.610. The average Bonchev–Trinajstić information content (AvgIpc) is 2.56. The zero-order valence-electron chi connectivity index (χ0n) is 6.57. The molecule has 3 nitrogen and oxygen atoms in total. The number of hydrogen-bond acceptors (Lipinski definition) is 3. The molecule has 0 fully saturated rings. The summed E-state index contributed by atoms with van der Waals surface area (Å²) in [6.45, 7) is 0. The number of hydrogen-bond donors (Lipinski definition) is 1. The Morgan fingerprint density at radius 2 is 2.23 bits per heavy atom. The summed E-state index contributed by atoms with van der Waals surface area (Å²) in [5, 5.41) is 9.98. The number of phenolic OH excluding ortho intramolecular Hbond substituents is 1. The molecule has 0 bridgehead atoms. The fourth-order valence-electron chi connectivity index (χ4n) is 1.06. The van der Waals surface area contributed by atoms with Crippen LogP contribution >= 0.6 is 11.6 Å². The third-order valence-corrected chi connectivity index (χ3v) is 1.89. The van der Waals surface area contributed by atoms with Gasteiger partial charge in [0.1, 0.15) is 5.75 Å². The van der Waals surface area contributed by atoms with Gasteiger partial charge in [0.15, 0.2) is 12.2 Å². The summed E-state index contributed by atoms with van der Waals surface area (Å²) < 4.78 is 5.03. The van der Waals surface area contributed by atoms with Crippen LogP contribution in [0.4, 0.5) is 0 Å². The normalized spacial score (nSPS) is 10.2. The Morgan fingerprint density at radius 3 is 2.85 bits per heavy atom. The van der Waals surface area contributed by atoms with E-state index in [1.807, 2.05) is 0 Å². The Morgan fingerprint density at radius 1 is 1.38 bits per heavy atom. The summed E-state index contributed by atoms with van der Waals surface area (Å²) >= 11 is 5.67. The SMILES string of the molecule is Oc1cc(Cl)ccc1-c1cnco1. The summed E-state index contributed by atoms with van der Waals surface area (Å²) in [6, 6.07) is 4.82. The van der Waals surface area contributed by atoms with Crippen molar-refractivity contribution in [2.24, 2.45) is 0 Å². The molecule has 0 saturated heterocycles. The molecule has 0 aliphatic rings. The van der Waals surface area contributed by atoms with Crippen molar-refractivity contribution in [2.45, 2.75) is 0 Å². The molecule has 0 saturated carbocycles. The largest absolute Gasteiger partial charge is 0.507 e. The molecular weight excluding hydrogens is 190 g/mol. The Labute approximate surface area is 79.6 Å². The van der Waals surface area contributed by atoms with E-state index in [2.05, 4.69) is 4.98 Å². The van der Waals surface area contributed by atoms with Crippen molar-refractivity contribution >= 4 is 11.6 Å². The highest BCUT2D eigenvalue weighted by atomic mass is 35.5. The quantitative estimate of drug-likeness (QED) is 0.761. The summed E-state index contributed by atoms with van der Waals surface area (Å²) in [5.41, 5.74) is 0.585. The van der Waals surface area contributed by atoms with Crippen LogP contribution < -0.4 is 0 Å². The van der Waals surface area contributed by atoms with Crippen LogP contribution in [0.1, 0.15) is 0 Å². The van der Waals surface area contributed by atoms with Crippen molar-refractivity contribution in [1.82, 2.24) is 4.98 Å². The van der Waals surface area contributed by atoms with Crippen LogP contribution in [-0.2, 0) is 0 Å². The van der Waals surface area contributed by atoms with Crippen molar-refractivity contribution in [3.05, 3.63) is 35.8 Å². The first-order valence-corrected chi connectivity index (χ1v) is 4.02. The van der Waals surface area contributed by atoms with E-state index in [-0.39, 0.29) is 5.75 Å². The lowest BCUT2D eigenvalue weighted by atomic mass is 10.1. The Hall–Kier alpha value is -1.48. The molecule has 0 aliphatic heterocycles. The minimum absolute atomic E-state index is 0.0873. The van der Waals surface area contributed by atoms with Gasteiger partial charge in [0.05, 0.1) is 11.8 Å². The second-order valence-corrected chi connectivity index (χ2v) is 2.96. The number of nitrogens with zero attached hydrogens (tertiary/aromatic N) is 1. The maximum atomic E-state index is 9.49. The Balaban J connectivity index is 2.53. The third-order valence-electron chi connectivity index (χ3n) is 1.66. The lowest BCUT2D eigenvalue weighted by Gasteiger charge is -1.99. The molecular formula is C9H6ClNO2. The van der Waals surface area contributed by atoms with E-state index in [0.29, 0.717) is 16.3 Å². The Kier molecular flexibility index (Phi) is 1.94. The number of halogens is 1. The van der Waals surface area contributed by atoms with Gasteiger partial charge in [0, 0.05) is 5.02 Å². The number of rotatable bonds is 1. The van der Waals surface area contributed by atoms with Crippen molar-refractivity contribution < 1.29 is 9.52 Å².